The van der Waals surface area contributed by atoms with Crippen LogP contribution in [0.5, 0.6) is 5.75 Å². The third kappa shape index (κ3) is 2.12. The van der Waals surface area contributed by atoms with E-state index in [4.69, 9.17) is 10.5 Å². The first kappa shape index (κ1) is 13.2. The number of fused-ring (bicyclic) bond motifs is 2. The molecule has 1 aromatic carbocycles. The summed E-state index contributed by atoms with van der Waals surface area (Å²) in [5.74, 6) is -0.171. The summed E-state index contributed by atoms with van der Waals surface area (Å²) >= 11 is 0. The van der Waals surface area contributed by atoms with E-state index in [2.05, 4.69) is 18.0 Å². The number of rotatable bonds is 1. The van der Waals surface area contributed by atoms with Crippen molar-refractivity contribution in [1.29, 1.82) is 0 Å². The van der Waals surface area contributed by atoms with Gasteiger partial charge in [0.1, 0.15) is 11.3 Å². The molecule has 0 aromatic heterocycles. The van der Waals surface area contributed by atoms with Crippen molar-refractivity contribution in [3.05, 3.63) is 23.3 Å². The number of aliphatic carboxylic acids is 1. The molecule has 0 bridgehead atoms. The summed E-state index contributed by atoms with van der Waals surface area (Å²) < 4.78 is 5.74. The van der Waals surface area contributed by atoms with Crippen LogP contribution in [0, 0.1) is 0 Å². The summed E-state index contributed by atoms with van der Waals surface area (Å²) in [5, 5.41) is 9.34. The third-order valence-corrected chi connectivity index (χ3v) is 4.35. The van der Waals surface area contributed by atoms with E-state index in [0.29, 0.717) is 19.4 Å². The Kier molecular flexibility index (Phi) is 3.09. The summed E-state index contributed by atoms with van der Waals surface area (Å²) in [6.07, 6.45) is 2.81. The molecule has 0 saturated carbocycles. The van der Waals surface area contributed by atoms with Gasteiger partial charge in [-0.15, -0.1) is 0 Å². The van der Waals surface area contributed by atoms with E-state index in [1.807, 2.05) is 6.07 Å². The number of nitrogens with two attached hydrogens (primary N) is 1. The number of carboxylic acid groups (broad SMARTS) is 1. The number of carbonyl (C=O) groups is 1. The normalized spacial score (nSPS) is 25.2. The molecule has 0 radical (unpaired) electrons. The van der Waals surface area contributed by atoms with Gasteiger partial charge < -0.3 is 20.5 Å². The minimum Gasteiger partial charge on any atom is -0.493 e. The van der Waals surface area contributed by atoms with E-state index in [-0.39, 0.29) is 0 Å². The maximum atomic E-state index is 11.4. The van der Waals surface area contributed by atoms with E-state index in [1.54, 1.807) is 0 Å². The summed E-state index contributed by atoms with van der Waals surface area (Å²) in [6, 6.07) is 4.12. The second-order valence-electron chi connectivity index (χ2n) is 5.85. The Morgan fingerprint density at radius 2 is 2.25 bits per heavy atom. The van der Waals surface area contributed by atoms with Crippen molar-refractivity contribution in [2.45, 2.75) is 31.2 Å². The Labute approximate surface area is 118 Å². The SMILES string of the molecule is CN1CCCc2cc3c(cc21)OCCC(N)(C(=O)O)C3. The molecule has 108 valence electrons. The zero-order chi connectivity index (χ0) is 14.3. The van der Waals surface area contributed by atoms with Gasteiger partial charge in [0.25, 0.3) is 0 Å². The van der Waals surface area contributed by atoms with Crippen LogP contribution in [-0.2, 0) is 17.6 Å². The quantitative estimate of drug-likeness (QED) is 0.805. The number of nitrogens with zero attached hydrogens (tertiary/aromatic N) is 1. The van der Waals surface area contributed by atoms with Crippen molar-refractivity contribution in [1.82, 2.24) is 0 Å². The molecule has 1 unspecified atom stereocenters. The van der Waals surface area contributed by atoms with Crippen LogP contribution in [0.15, 0.2) is 12.1 Å². The number of anilines is 1. The molecule has 2 aliphatic rings. The van der Waals surface area contributed by atoms with E-state index >= 15 is 0 Å². The average Bonchev–Trinajstić information content (AvgIpc) is 2.56. The standard InChI is InChI=1S/C15H20N2O3/c1-17-5-2-3-10-7-11-9-15(16,14(18)19)4-6-20-13(11)8-12(10)17/h7-8H,2-6,9,16H2,1H3,(H,18,19). The lowest BCUT2D eigenvalue weighted by atomic mass is 9.87. The maximum absolute atomic E-state index is 11.4. The number of hydrogen-bond donors (Lipinski definition) is 2. The monoisotopic (exact) mass is 276 g/mol. The Morgan fingerprint density at radius 1 is 1.45 bits per heavy atom. The van der Waals surface area contributed by atoms with Crippen molar-refractivity contribution in [2.24, 2.45) is 5.73 Å². The van der Waals surface area contributed by atoms with Gasteiger partial charge in [-0.2, -0.15) is 0 Å². The van der Waals surface area contributed by atoms with Gasteiger partial charge in [0.2, 0.25) is 0 Å². The average molecular weight is 276 g/mol. The summed E-state index contributed by atoms with van der Waals surface area (Å²) in [5.41, 5.74) is 8.18. The first-order valence-corrected chi connectivity index (χ1v) is 7.02. The van der Waals surface area contributed by atoms with Crippen molar-refractivity contribution in [3.63, 3.8) is 0 Å². The van der Waals surface area contributed by atoms with Crippen LogP contribution in [-0.4, -0.2) is 36.8 Å². The fraction of sp³-hybridized carbons (Fsp3) is 0.533. The molecule has 0 amide bonds. The highest BCUT2D eigenvalue weighted by molar-refractivity contribution is 5.79. The fourth-order valence-electron chi connectivity index (χ4n) is 3.07. The number of benzene rings is 1. The van der Waals surface area contributed by atoms with Crippen LogP contribution in [0.1, 0.15) is 24.0 Å². The fourth-order valence-corrected chi connectivity index (χ4v) is 3.07. The molecule has 2 aliphatic heterocycles. The lowest BCUT2D eigenvalue weighted by Gasteiger charge is -2.29. The van der Waals surface area contributed by atoms with Crippen molar-refractivity contribution in [2.75, 3.05) is 25.1 Å². The molecule has 0 saturated heterocycles. The van der Waals surface area contributed by atoms with Crippen LogP contribution < -0.4 is 15.4 Å². The van der Waals surface area contributed by atoms with Crippen LogP contribution in [0.2, 0.25) is 0 Å². The Bertz CT molecular complexity index is 558. The lowest BCUT2D eigenvalue weighted by molar-refractivity contribution is -0.143. The van der Waals surface area contributed by atoms with Gasteiger partial charge >= 0.3 is 5.97 Å². The van der Waals surface area contributed by atoms with Gasteiger partial charge in [0, 0.05) is 38.2 Å². The molecular formula is C15H20N2O3. The van der Waals surface area contributed by atoms with Crippen LogP contribution >= 0.6 is 0 Å². The molecule has 5 heteroatoms. The highest BCUT2D eigenvalue weighted by atomic mass is 16.5. The number of aryl methyl sites for hydroxylation is 1. The van der Waals surface area contributed by atoms with Gasteiger partial charge in [-0.1, -0.05) is 0 Å². The van der Waals surface area contributed by atoms with Crippen LogP contribution in [0.4, 0.5) is 5.69 Å². The van der Waals surface area contributed by atoms with Gasteiger partial charge in [0.15, 0.2) is 0 Å². The third-order valence-electron chi connectivity index (χ3n) is 4.35. The van der Waals surface area contributed by atoms with Crippen LogP contribution in [0.3, 0.4) is 0 Å². The van der Waals surface area contributed by atoms with Gasteiger partial charge in [0.05, 0.1) is 6.61 Å². The summed E-state index contributed by atoms with van der Waals surface area (Å²) in [6.45, 7) is 1.39. The molecule has 0 fully saturated rings. The predicted octanol–water partition coefficient (Wildman–Crippen LogP) is 1.18. The Hall–Kier alpha value is -1.75. The minimum absolute atomic E-state index is 0.328. The number of ether oxygens (including phenoxy) is 1. The number of hydrogen-bond acceptors (Lipinski definition) is 4. The van der Waals surface area contributed by atoms with Crippen molar-refractivity contribution < 1.29 is 14.6 Å². The molecule has 5 nitrogen and oxygen atoms in total. The zero-order valence-electron chi connectivity index (χ0n) is 11.7. The second kappa shape index (κ2) is 4.66. The van der Waals surface area contributed by atoms with Gasteiger partial charge in [-0.05, 0) is 30.0 Å². The van der Waals surface area contributed by atoms with Crippen molar-refractivity contribution in [3.8, 4) is 5.75 Å². The molecule has 20 heavy (non-hydrogen) atoms. The molecule has 1 atom stereocenters. The summed E-state index contributed by atoms with van der Waals surface area (Å²) in [7, 11) is 2.07. The van der Waals surface area contributed by atoms with Gasteiger partial charge in [-0.25, -0.2) is 0 Å². The van der Waals surface area contributed by atoms with E-state index in [9.17, 15) is 9.90 Å². The first-order chi connectivity index (χ1) is 9.49. The maximum Gasteiger partial charge on any atom is 0.324 e. The Morgan fingerprint density at radius 3 is 3.00 bits per heavy atom. The van der Waals surface area contributed by atoms with Crippen molar-refractivity contribution >= 4 is 11.7 Å². The van der Waals surface area contributed by atoms with Crippen LogP contribution in [0.25, 0.3) is 0 Å². The molecule has 2 heterocycles. The van der Waals surface area contributed by atoms with E-state index < -0.39 is 11.5 Å². The lowest BCUT2D eigenvalue weighted by Crippen LogP contribution is -2.50. The summed E-state index contributed by atoms with van der Waals surface area (Å²) in [4.78, 5) is 13.6. The molecule has 3 N–H and O–H groups in total. The molecular weight excluding hydrogens is 256 g/mol. The highest BCUT2D eigenvalue weighted by Crippen LogP contribution is 2.36. The minimum atomic E-state index is -1.22. The topological polar surface area (TPSA) is 75.8 Å². The van der Waals surface area contributed by atoms with Gasteiger partial charge in [-0.3, -0.25) is 4.79 Å². The van der Waals surface area contributed by atoms with E-state index in [1.165, 1.54) is 11.3 Å². The zero-order valence-corrected chi connectivity index (χ0v) is 11.7. The Balaban J connectivity index is 2.03. The smallest absolute Gasteiger partial charge is 0.324 e. The largest absolute Gasteiger partial charge is 0.493 e. The molecule has 3 rings (SSSR count). The second-order valence-corrected chi connectivity index (χ2v) is 5.85. The molecule has 1 aromatic rings. The predicted molar refractivity (Wildman–Crippen MR) is 76.4 cm³/mol. The molecule has 0 aliphatic carbocycles. The highest BCUT2D eigenvalue weighted by Gasteiger charge is 2.37. The molecule has 0 spiro atoms. The van der Waals surface area contributed by atoms with E-state index in [0.717, 1.165) is 30.7 Å². The first-order valence-electron chi connectivity index (χ1n) is 7.02. The number of carboxylic acids is 1.